The Morgan fingerprint density at radius 1 is 1.10 bits per heavy atom. The lowest BCUT2D eigenvalue weighted by Gasteiger charge is -2.13. The Bertz CT molecular complexity index is 738. The number of carbonyl (C=O) groups is 1. The van der Waals surface area contributed by atoms with E-state index in [1.165, 1.54) is 0 Å². The molecule has 0 saturated carbocycles. The molecule has 0 bridgehead atoms. The molecule has 0 aliphatic heterocycles. The van der Waals surface area contributed by atoms with Crippen LogP contribution in [-0.2, 0) is 11.3 Å². The van der Waals surface area contributed by atoms with Crippen molar-refractivity contribution in [3.8, 4) is 5.75 Å². The molecule has 4 N–H and O–H groups in total. The first-order valence-electron chi connectivity index (χ1n) is 9.73. The van der Waals surface area contributed by atoms with Crippen LogP contribution in [-0.4, -0.2) is 62.0 Å². The predicted octanol–water partition coefficient (Wildman–Crippen LogP) is 1.93. The maximum absolute atomic E-state index is 11.9. The summed E-state index contributed by atoms with van der Waals surface area (Å²) in [5.74, 6) is 1.32. The molecule has 0 unspecified atom stereocenters. The number of H-pyrrole nitrogens is 1. The van der Waals surface area contributed by atoms with Crippen molar-refractivity contribution in [3.63, 3.8) is 0 Å². The lowest BCUT2D eigenvalue weighted by Crippen LogP contribution is -2.42. The number of guanidine groups is 1. The molecular weight excluding hydrogens is 499 g/mol. The van der Waals surface area contributed by atoms with Crippen molar-refractivity contribution in [2.24, 2.45) is 4.99 Å². The number of benzene rings is 1. The third-order valence-corrected chi connectivity index (χ3v) is 3.99. The van der Waals surface area contributed by atoms with E-state index in [2.05, 4.69) is 31.1 Å². The number of nitrogens with zero attached hydrogens (tertiary/aromatic N) is 2. The van der Waals surface area contributed by atoms with Gasteiger partial charge in [-0.3, -0.25) is 9.89 Å². The second-order valence-electron chi connectivity index (χ2n) is 6.14. The van der Waals surface area contributed by atoms with E-state index >= 15 is 0 Å². The Morgan fingerprint density at radius 3 is 2.50 bits per heavy atom. The molecule has 166 valence electrons. The molecule has 0 radical (unpaired) electrons. The number of rotatable bonds is 12. The third kappa shape index (κ3) is 9.92. The maximum atomic E-state index is 11.9. The van der Waals surface area contributed by atoms with Crippen LogP contribution >= 0.6 is 24.0 Å². The molecular formula is C20H31IN6O3. The zero-order chi connectivity index (χ0) is 20.7. The third-order valence-electron chi connectivity index (χ3n) is 3.99. The number of nitrogens with one attached hydrogen (secondary N) is 4. The van der Waals surface area contributed by atoms with Crippen molar-refractivity contribution in [2.75, 3.05) is 40.0 Å². The van der Waals surface area contributed by atoms with Gasteiger partial charge in [-0.05, 0) is 37.1 Å². The van der Waals surface area contributed by atoms with Gasteiger partial charge in [0.25, 0.3) is 5.91 Å². The van der Waals surface area contributed by atoms with Gasteiger partial charge in [0, 0.05) is 39.0 Å². The monoisotopic (exact) mass is 530 g/mol. The molecule has 0 saturated heterocycles. The molecule has 0 spiro atoms. The molecule has 30 heavy (non-hydrogen) atoms. The lowest BCUT2D eigenvalue weighted by molar-refractivity contribution is 0.0949. The smallest absolute Gasteiger partial charge is 0.269 e. The van der Waals surface area contributed by atoms with Crippen LogP contribution < -0.4 is 20.7 Å². The fraction of sp³-hybridized carbons (Fsp3) is 0.450. The Kier molecular flexibility index (Phi) is 13.3. The second-order valence-corrected chi connectivity index (χ2v) is 6.14. The summed E-state index contributed by atoms with van der Waals surface area (Å²) < 4.78 is 10.5. The van der Waals surface area contributed by atoms with Crippen LogP contribution in [0, 0.1) is 0 Å². The molecule has 0 aliphatic carbocycles. The molecule has 0 aliphatic rings. The van der Waals surface area contributed by atoms with Crippen molar-refractivity contribution in [1.82, 2.24) is 26.1 Å². The van der Waals surface area contributed by atoms with Crippen LogP contribution in [0.25, 0.3) is 0 Å². The predicted molar refractivity (Wildman–Crippen MR) is 128 cm³/mol. The van der Waals surface area contributed by atoms with Gasteiger partial charge in [0.1, 0.15) is 11.4 Å². The van der Waals surface area contributed by atoms with Crippen LogP contribution in [0.5, 0.6) is 5.75 Å². The standard InChI is InChI=1S/C20H30N6O3.HI/c1-3-29-14-4-10-22-20(24-15-16-5-7-17(28-2)8-6-16)23-13-12-21-19(27)18-9-11-25-26-18;/h5-9,11H,3-4,10,12-15H2,1-2H3,(H,21,27)(H,25,26)(H2,22,23,24);1H. The zero-order valence-electron chi connectivity index (χ0n) is 17.4. The van der Waals surface area contributed by atoms with Crippen molar-refractivity contribution < 1.29 is 14.3 Å². The first-order chi connectivity index (χ1) is 14.2. The molecule has 10 heteroatoms. The summed E-state index contributed by atoms with van der Waals surface area (Å²) in [5.41, 5.74) is 1.52. The number of aromatic nitrogens is 2. The van der Waals surface area contributed by atoms with E-state index in [-0.39, 0.29) is 29.9 Å². The summed E-state index contributed by atoms with van der Waals surface area (Å²) in [4.78, 5) is 16.5. The Labute approximate surface area is 194 Å². The molecule has 9 nitrogen and oxygen atoms in total. The van der Waals surface area contributed by atoms with Gasteiger partial charge in [-0.1, -0.05) is 12.1 Å². The van der Waals surface area contributed by atoms with Crippen LogP contribution in [0.2, 0.25) is 0 Å². The largest absolute Gasteiger partial charge is 0.497 e. The van der Waals surface area contributed by atoms with E-state index in [1.807, 2.05) is 31.2 Å². The summed E-state index contributed by atoms with van der Waals surface area (Å²) in [6, 6.07) is 9.43. The highest BCUT2D eigenvalue weighted by Gasteiger charge is 2.05. The number of aromatic amines is 1. The molecule has 0 fully saturated rings. The van der Waals surface area contributed by atoms with Crippen molar-refractivity contribution in [2.45, 2.75) is 19.9 Å². The number of amides is 1. The molecule has 1 aromatic carbocycles. The minimum Gasteiger partial charge on any atom is -0.497 e. The first-order valence-corrected chi connectivity index (χ1v) is 9.73. The number of ether oxygens (including phenoxy) is 2. The molecule has 1 heterocycles. The van der Waals surface area contributed by atoms with Gasteiger partial charge in [0.05, 0.1) is 13.7 Å². The summed E-state index contributed by atoms with van der Waals surface area (Å²) >= 11 is 0. The van der Waals surface area contributed by atoms with Gasteiger partial charge in [-0.2, -0.15) is 5.10 Å². The number of methoxy groups -OCH3 is 1. The van der Waals surface area contributed by atoms with Crippen LogP contribution in [0.1, 0.15) is 29.4 Å². The van der Waals surface area contributed by atoms with Gasteiger partial charge < -0.3 is 25.4 Å². The molecule has 2 rings (SSSR count). The van der Waals surface area contributed by atoms with E-state index in [4.69, 9.17) is 9.47 Å². The average Bonchev–Trinajstić information content (AvgIpc) is 3.29. The minimum atomic E-state index is -0.189. The summed E-state index contributed by atoms with van der Waals surface area (Å²) in [7, 11) is 1.65. The fourth-order valence-corrected chi connectivity index (χ4v) is 2.44. The summed E-state index contributed by atoms with van der Waals surface area (Å²) in [5, 5.41) is 15.8. The zero-order valence-corrected chi connectivity index (χ0v) is 19.8. The highest BCUT2D eigenvalue weighted by Crippen LogP contribution is 2.11. The van der Waals surface area contributed by atoms with Gasteiger partial charge in [0.2, 0.25) is 0 Å². The lowest BCUT2D eigenvalue weighted by atomic mass is 10.2. The van der Waals surface area contributed by atoms with E-state index in [9.17, 15) is 4.79 Å². The molecule has 2 aromatic rings. The van der Waals surface area contributed by atoms with Crippen molar-refractivity contribution in [3.05, 3.63) is 47.8 Å². The Morgan fingerprint density at radius 2 is 1.83 bits per heavy atom. The SMILES string of the molecule is CCOCCCNC(=NCc1ccc(OC)cc1)NCCNC(=O)c1ccn[nH]1.I. The first kappa shape index (κ1) is 25.7. The fourth-order valence-electron chi connectivity index (χ4n) is 2.44. The topological polar surface area (TPSA) is 113 Å². The number of aliphatic imine (C=N–C) groups is 1. The Balaban J connectivity index is 0.00000450. The van der Waals surface area contributed by atoms with Gasteiger partial charge >= 0.3 is 0 Å². The average molecular weight is 530 g/mol. The quantitative estimate of drug-likeness (QED) is 0.145. The number of halogens is 1. The molecule has 0 atom stereocenters. The highest BCUT2D eigenvalue weighted by atomic mass is 127. The van der Waals surface area contributed by atoms with E-state index in [0.717, 1.165) is 24.3 Å². The van der Waals surface area contributed by atoms with E-state index in [1.54, 1.807) is 19.4 Å². The van der Waals surface area contributed by atoms with Crippen molar-refractivity contribution in [1.29, 1.82) is 0 Å². The van der Waals surface area contributed by atoms with E-state index in [0.29, 0.717) is 44.5 Å². The highest BCUT2D eigenvalue weighted by molar-refractivity contribution is 14.0. The summed E-state index contributed by atoms with van der Waals surface area (Å²) in [6.45, 7) is 5.68. The van der Waals surface area contributed by atoms with Gasteiger partial charge in [0.15, 0.2) is 5.96 Å². The number of hydrogen-bond acceptors (Lipinski definition) is 5. The van der Waals surface area contributed by atoms with Crippen LogP contribution in [0.3, 0.4) is 0 Å². The van der Waals surface area contributed by atoms with Gasteiger partial charge in [-0.25, -0.2) is 4.99 Å². The molecule has 1 aromatic heterocycles. The normalized spacial score (nSPS) is 10.8. The number of hydrogen-bond donors (Lipinski definition) is 4. The maximum Gasteiger partial charge on any atom is 0.269 e. The Hall–Kier alpha value is -2.34. The van der Waals surface area contributed by atoms with Crippen LogP contribution in [0.4, 0.5) is 0 Å². The molecule has 1 amide bonds. The van der Waals surface area contributed by atoms with Crippen LogP contribution in [0.15, 0.2) is 41.5 Å². The summed E-state index contributed by atoms with van der Waals surface area (Å²) in [6.07, 6.45) is 2.43. The van der Waals surface area contributed by atoms with Crippen molar-refractivity contribution >= 4 is 35.8 Å². The number of carbonyl (C=O) groups excluding carboxylic acids is 1. The van der Waals surface area contributed by atoms with Gasteiger partial charge in [-0.15, -0.1) is 24.0 Å². The van der Waals surface area contributed by atoms with E-state index < -0.39 is 0 Å². The second kappa shape index (κ2) is 15.5. The minimum absolute atomic E-state index is 0.